The number of rotatable bonds is 3. The van der Waals surface area contributed by atoms with E-state index in [0.29, 0.717) is 37.3 Å². The van der Waals surface area contributed by atoms with Gasteiger partial charge in [0, 0.05) is 0 Å². The number of hydrogen-bond acceptors (Lipinski definition) is 5. The van der Waals surface area contributed by atoms with Crippen molar-refractivity contribution in [2.75, 3.05) is 32.8 Å². The molecular formula is C15H20N5O3+. The fourth-order valence-electron chi connectivity index (χ4n) is 2.72. The van der Waals surface area contributed by atoms with Gasteiger partial charge in [0.2, 0.25) is 0 Å². The molecule has 1 aliphatic heterocycles. The minimum absolute atomic E-state index is 0.129. The van der Waals surface area contributed by atoms with Crippen LogP contribution in [-0.2, 0) is 11.4 Å². The van der Waals surface area contributed by atoms with Crippen LogP contribution in [0.15, 0.2) is 29.1 Å². The van der Waals surface area contributed by atoms with Gasteiger partial charge in [-0.05, 0) is 19.1 Å². The lowest BCUT2D eigenvalue weighted by molar-refractivity contribution is -0.927. The zero-order valence-corrected chi connectivity index (χ0v) is 13.1. The molecule has 0 bridgehead atoms. The molecule has 8 nitrogen and oxygen atoms in total. The minimum Gasteiger partial charge on any atom is -0.450 e. The van der Waals surface area contributed by atoms with Crippen LogP contribution in [0.3, 0.4) is 0 Å². The number of piperazine rings is 1. The van der Waals surface area contributed by atoms with Crippen molar-refractivity contribution in [2.24, 2.45) is 0 Å². The molecule has 0 spiro atoms. The van der Waals surface area contributed by atoms with Crippen molar-refractivity contribution in [1.82, 2.24) is 19.9 Å². The molecule has 0 atom stereocenters. The van der Waals surface area contributed by atoms with Crippen LogP contribution in [0.5, 0.6) is 0 Å². The van der Waals surface area contributed by atoms with E-state index in [9.17, 15) is 9.59 Å². The van der Waals surface area contributed by atoms with Crippen molar-refractivity contribution < 1.29 is 14.4 Å². The second kappa shape index (κ2) is 6.74. The highest BCUT2D eigenvalue weighted by Crippen LogP contribution is 2.02. The van der Waals surface area contributed by atoms with Gasteiger partial charge in [-0.25, -0.2) is 4.79 Å². The maximum Gasteiger partial charge on any atom is 0.410 e. The zero-order valence-electron chi connectivity index (χ0n) is 13.1. The van der Waals surface area contributed by atoms with Crippen molar-refractivity contribution in [2.45, 2.75) is 13.6 Å². The van der Waals surface area contributed by atoms with E-state index in [4.69, 9.17) is 4.74 Å². The Morgan fingerprint density at radius 1 is 1.30 bits per heavy atom. The third-order valence-electron chi connectivity index (χ3n) is 4.00. The molecular weight excluding hydrogens is 298 g/mol. The number of nitrogens with one attached hydrogen (secondary N) is 1. The zero-order chi connectivity index (χ0) is 16.2. The lowest BCUT2D eigenvalue weighted by Gasteiger charge is -2.31. The van der Waals surface area contributed by atoms with Gasteiger partial charge in [0.25, 0.3) is 5.56 Å². The summed E-state index contributed by atoms with van der Waals surface area (Å²) in [5, 5.41) is 8.68. The summed E-state index contributed by atoms with van der Waals surface area (Å²) < 4.78 is 6.40. The molecule has 0 unspecified atom stereocenters. The minimum atomic E-state index is -0.269. The molecule has 0 aliphatic carbocycles. The number of quaternary nitrogens is 1. The molecule has 1 N–H and O–H groups in total. The molecule has 1 fully saturated rings. The van der Waals surface area contributed by atoms with E-state index in [-0.39, 0.29) is 11.7 Å². The number of fused-ring (bicyclic) bond motifs is 1. The number of carbonyl (C=O) groups is 1. The van der Waals surface area contributed by atoms with Crippen molar-refractivity contribution in [1.29, 1.82) is 0 Å². The summed E-state index contributed by atoms with van der Waals surface area (Å²) in [6, 6.07) is 7.19. The van der Waals surface area contributed by atoms with Gasteiger partial charge >= 0.3 is 6.09 Å². The summed E-state index contributed by atoms with van der Waals surface area (Å²) in [5.41, 5.74) is 0.479. The van der Waals surface area contributed by atoms with E-state index in [1.165, 1.54) is 9.58 Å². The van der Waals surface area contributed by atoms with Gasteiger partial charge < -0.3 is 9.64 Å². The highest BCUT2D eigenvalue weighted by molar-refractivity contribution is 5.76. The summed E-state index contributed by atoms with van der Waals surface area (Å²) >= 11 is 0. The van der Waals surface area contributed by atoms with E-state index < -0.39 is 0 Å². The predicted octanol–water partition coefficient (Wildman–Crippen LogP) is -0.894. The SMILES string of the molecule is CCOC(=O)N1CC[NH+](Cn2nnc3ccccc3c2=O)CC1. The first-order chi connectivity index (χ1) is 11.2. The first kappa shape index (κ1) is 15.4. The number of benzene rings is 1. The molecule has 1 aromatic heterocycles. The number of amides is 1. The Bertz CT molecular complexity index is 752. The Balaban J connectivity index is 1.66. The number of hydrogen-bond donors (Lipinski definition) is 1. The molecule has 1 amide bonds. The van der Waals surface area contributed by atoms with Gasteiger partial charge in [0.05, 0.1) is 38.2 Å². The average Bonchev–Trinajstić information content (AvgIpc) is 2.58. The van der Waals surface area contributed by atoms with Crippen LogP contribution in [0.1, 0.15) is 6.92 Å². The first-order valence-corrected chi connectivity index (χ1v) is 7.77. The third-order valence-corrected chi connectivity index (χ3v) is 4.00. The smallest absolute Gasteiger partial charge is 0.410 e. The highest BCUT2D eigenvalue weighted by Gasteiger charge is 2.25. The fraction of sp³-hybridized carbons (Fsp3) is 0.467. The van der Waals surface area contributed by atoms with Crippen molar-refractivity contribution in [3.05, 3.63) is 34.6 Å². The second-order valence-corrected chi connectivity index (χ2v) is 5.51. The molecule has 2 aromatic rings. The van der Waals surface area contributed by atoms with Crippen LogP contribution in [0.25, 0.3) is 10.9 Å². The van der Waals surface area contributed by atoms with E-state index in [0.717, 1.165) is 13.1 Å². The summed E-state index contributed by atoms with van der Waals surface area (Å²) in [5.74, 6) is 0. The molecule has 1 aromatic carbocycles. The number of aromatic nitrogens is 3. The lowest BCUT2D eigenvalue weighted by atomic mass is 10.2. The van der Waals surface area contributed by atoms with Crippen LogP contribution in [-0.4, -0.2) is 58.8 Å². The molecule has 23 heavy (non-hydrogen) atoms. The van der Waals surface area contributed by atoms with Crippen LogP contribution < -0.4 is 10.5 Å². The summed E-state index contributed by atoms with van der Waals surface area (Å²) in [4.78, 5) is 27.0. The van der Waals surface area contributed by atoms with E-state index in [2.05, 4.69) is 10.3 Å². The Hall–Kier alpha value is -2.48. The monoisotopic (exact) mass is 318 g/mol. The Morgan fingerprint density at radius 2 is 2.04 bits per heavy atom. The normalized spacial score (nSPS) is 15.8. The topological polar surface area (TPSA) is 81.8 Å². The number of ether oxygens (including phenoxy) is 1. The van der Waals surface area contributed by atoms with E-state index >= 15 is 0 Å². The van der Waals surface area contributed by atoms with Gasteiger partial charge in [-0.1, -0.05) is 17.3 Å². The molecule has 0 saturated carbocycles. The van der Waals surface area contributed by atoms with Gasteiger partial charge in [0.15, 0.2) is 6.67 Å². The Kier molecular flexibility index (Phi) is 4.52. The molecule has 8 heteroatoms. The maximum atomic E-state index is 12.4. The standard InChI is InChI=1S/C15H19N5O3/c1-2-23-15(22)19-9-7-18(8-10-19)11-20-14(21)12-5-3-4-6-13(12)16-17-20/h3-6H,2,7-11H2,1H3/p+1. The van der Waals surface area contributed by atoms with Gasteiger partial charge in [-0.2, -0.15) is 4.68 Å². The van der Waals surface area contributed by atoms with Crippen molar-refractivity contribution in [3.8, 4) is 0 Å². The molecule has 0 radical (unpaired) electrons. The van der Waals surface area contributed by atoms with Crippen LogP contribution >= 0.6 is 0 Å². The molecule has 3 rings (SSSR count). The van der Waals surface area contributed by atoms with Crippen LogP contribution in [0.2, 0.25) is 0 Å². The summed E-state index contributed by atoms with van der Waals surface area (Å²) in [6.07, 6.45) is -0.269. The van der Waals surface area contributed by atoms with Gasteiger partial charge in [-0.3, -0.25) is 9.69 Å². The van der Waals surface area contributed by atoms with Crippen molar-refractivity contribution >= 4 is 17.0 Å². The fourth-order valence-corrected chi connectivity index (χ4v) is 2.72. The van der Waals surface area contributed by atoms with E-state index in [1.54, 1.807) is 24.0 Å². The summed E-state index contributed by atoms with van der Waals surface area (Å²) in [6.45, 7) is 5.36. The largest absolute Gasteiger partial charge is 0.450 e. The van der Waals surface area contributed by atoms with Crippen LogP contribution in [0.4, 0.5) is 4.79 Å². The Labute approximate surface area is 133 Å². The number of carbonyl (C=O) groups excluding carboxylic acids is 1. The van der Waals surface area contributed by atoms with E-state index in [1.807, 2.05) is 12.1 Å². The molecule has 1 aliphatic rings. The van der Waals surface area contributed by atoms with Gasteiger partial charge in [0.1, 0.15) is 5.52 Å². The van der Waals surface area contributed by atoms with Crippen molar-refractivity contribution in [3.63, 3.8) is 0 Å². The lowest BCUT2D eigenvalue weighted by Crippen LogP contribution is -3.14. The quantitative estimate of drug-likeness (QED) is 0.794. The second-order valence-electron chi connectivity index (χ2n) is 5.51. The van der Waals surface area contributed by atoms with Gasteiger partial charge in [-0.15, -0.1) is 5.10 Å². The number of nitrogens with zero attached hydrogens (tertiary/aromatic N) is 4. The van der Waals surface area contributed by atoms with Crippen LogP contribution in [0, 0.1) is 0 Å². The molecule has 1 saturated heterocycles. The average molecular weight is 318 g/mol. The maximum absolute atomic E-state index is 12.4. The Morgan fingerprint density at radius 3 is 2.78 bits per heavy atom. The predicted molar refractivity (Wildman–Crippen MR) is 83.1 cm³/mol. The molecule has 2 heterocycles. The highest BCUT2D eigenvalue weighted by atomic mass is 16.6. The molecule has 122 valence electrons. The first-order valence-electron chi connectivity index (χ1n) is 7.77. The third kappa shape index (κ3) is 3.31. The summed E-state index contributed by atoms with van der Waals surface area (Å²) in [7, 11) is 0.